The van der Waals surface area contributed by atoms with E-state index in [-0.39, 0.29) is 5.54 Å². The Morgan fingerprint density at radius 3 is 2.85 bits per heavy atom. The van der Waals surface area contributed by atoms with Gasteiger partial charge in [0.15, 0.2) is 0 Å². The molecule has 2 bridgehead atoms. The molecule has 0 radical (unpaired) electrons. The number of benzene rings is 2. The van der Waals surface area contributed by atoms with Crippen LogP contribution in [0.25, 0.3) is 32.9 Å². The Kier molecular flexibility index (Phi) is 5.73. The van der Waals surface area contributed by atoms with Gasteiger partial charge in [-0.1, -0.05) is 17.7 Å². The fourth-order valence-electron chi connectivity index (χ4n) is 7.76. The summed E-state index contributed by atoms with van der Waals surface area (Å²) >= 11 is 6.88. The Balaban J connectivity index is 1.24. The van der Waals surface area contributed by atoms with E-state index in [0.717, 1.165) is 89.6 Å². The van der Waals surface area contributed by atoms with E-state index in [1.807, 2.05) is 19.2 Å². The molecule has 4 fully saturated rings. The third-order valence-electron chi connectivity index (χ3n) is 9.66. The van der Waals surface area contributed by atoms with E-state index in [0.29, 0.717) is 42.7 Å². The summed E-state index contributed by atoms with van der Waals surface area (Å²) in [6, 6.07) is 9.51. The second-order valence-corrected chi connectivity index (χ2v) is 12.5. The number of nitrogens with one attached hydrogen (secondary N) is 2. The van der Waals surface area contributed by atoms with Crippen molar-refractivity contribution in [2.75, 3.05) is 37.7 Å². The molecule has 4 aromatic rings. The minimum absolute atomic E-state index is 0.254. The average Bonchev–Trinajstić information content (AvgIpc) is 3.69. The first-order valence-electron chi connectivity index (χ1n) is 14.4. The number of rotatable bonds is 5. The van der Waals surface area contributed by atoms with Gasteiger partial charge in [-0.15, -0.1) is 0 Å². The molecule has 40 heavy (non-hydrogen) atoms. The van der Waals surface area contributed by atoms with Crippen molar-refractivity contribution in [2.24, 2.45) is 0 Å². The molecule has 8 nitrogen and oxygen atoms in total. The first kappa shape index (κ1) is 24.8. The molecule has 8 rings (SSSR count). The first-order valence-corrected chi connectivity index (χ1v) is 14.8. The second-order valence-electron chi connectivity index (χ2n) is 12.1. The largest absolute Gasteiger partial charge is 0.461 e. The summed E-state index contributed by atoms with van der Waals surface area (Å²) in [4.78, 5) is 14.7. The zero-order chi connectivity index (χ0) is 27.0. The lowest BCUT2D eigenvalue weighted by molar-refractivity contribution is 0.107. The summed E-state index contributed by atoms with van der Waals surface area (Å²) in [5.74, 6) is 0.930. The van der Waals surface area contributed by atoms with Gasteiger partial charge in [-0.3, -0.25) is 10.00 Å². The van der Waals surface area contributed by atoms with E-state index in [2.05, 4.69) is 43.5 Å². The molecule has 0 amide bonds. The smallest absolute Gasteiger partial charge is 0.319 e. The van der Waals surface area contributed by atoms with Crippen LogP contribution in [0.15, 0.2) is 30.5 Å². The molecule has 2 aromatic heterocycles. The van der Waals surface area contributed by atoms with Crippen molar-refractivity contribution in [2.45, 2.75) is 62.8 Å². The van der Waals surface area contributed by atoms with Crippen molar-refractivity contribution in [3.63, 3.8) is 0 Å². The fourth-order valence-corrected chi connectivity index (χ4v) is 8.03. The van der Waals surface area contributed by atoms with Gasteiger partial charge in [0.05, 0.1) is 27.8 Å². The third-order valence-corrected chi connectivity index (χ3v) is 10.2. The van der Waals surface area contributed by atoms with Gasteiger partial charge in [0.25, 0.3) is 0 Å². The number of halogens is 2. The van der Waals surface area contributed by atoms with Crippen LogP contribution in [0, 0.1) is 6.92 Å². The van der Waals surface area contributed by atoms with E-state index in [1.165, 1.54) is 0 Å². The van der Waals surface area contributed by atoms with Crippen LogP contribution in [-0.4, -0.2) is 81.6 Å². The van der Waals surface area contributed by atoms with Crippen LogP contribution in [0.5, 0.6) is 6.01 Å². The monoisotopic (exact) mass is 561 g/mol. The number of nitrogens with zero attached hydrogens (tertiary/aromatic N) is 5. The van der Waals surface area contributed by atoms with Gasteiger partial charge in [0, 0.05) is 54.5 Å². The molecule has 2 N–H and O–H groups in total. The van der Waals surface area contributed by atoms with E-state index in [1.54, 1.807) is 0 Å². The number of ether oxygens (including phenoxy) is 1. The van der Waals surface area contributed by atoms with Gasteiger partial charge in [-0.2, -0.15) is 15.1 Å². The number of anilines is 1. The highest BCUT2D eigenvalue weighted by molar-refractivity contribution is 6.36. The summed E-state index contributed by atoms with van der Waals surface area (Å²) < 4.78 is 20.8. The molecule has 4 atom stereocenters. The number of piperazine rings is 1. The molecule has 0 aliphatic carbocycles. The summed E-state index contributed by atoms with van der Waals surface area (Å²) in [5, 5.41) is 13.6. The molecule has 4 aliphatic rings. The van der Waals surface area contributed by atoms with E-state index in [9.17, 15) is 4.39 Å². The maximum atomic E-state index is 14.4. The van der Waals surface area contributed by atoms with Gasteiger partial charge in [-0.05, 0) is 68.5 Å². The lowest BCUT2D eigenvalue weighted by atomic mass is 9.95. The topological polar surface area (TPSA) is 82.2 Å². The Bertz CT molecular complexity index is 1610. The molecule has 208 valence electrons. The summed E-state index contributed by atoms with van der Waals surface area (Å²) in [6.07, 6.45) is 5.86. The average molecular weight is 562 g/mol. The molecule has 4 aliphatic heterocycles. The number of aromatic amines is 1. The van der Waals surface area contributed by atoms with Crippen LogP contribution >= 0.6 is 11.6 Å². The second kappa shape index (κ2) is 9.26. The third kappa shape index (κ3) is 3.81. The van der Waals surface area contributed by atoms with Crippen molar-refractivity contribution < 1.29 is 9.13 Å². The van der Waals surface area contributed by atoms with E-state index >= 15 is 0 Å². The summed E-state index contributed by atoms with van der Waals surface area (Å²) in [7, 11) is 0. The van der Waals surface area contributed by atoms with Gasteiger partial charge in [0.2, 0.25) is 0 Å². The molecule has 0 unspecified atom stereocenters. The Hall–Kier alpha value is -3.01. The molecule has 4 saturated heterocycles. The van der Waals surface area contributed by atoms with Crippen molar-refractivity contribution in [3.05, 3.63) is 41.0 Å². The van der Waals surface area contributed by atoms with Gasteiger partial charge >= 0.3 is 6.01 Å². The zero-order valence-electron chi connectivity index (χ0n) is 22.6. The lowest BCUT2D eigenvalue weighted by Crippen LogP contribution is -2.52. The normalized spacial score (nSPS) is 28.2. The number of H-pyrrole nitrogens is 1. The van der Waals surface area contributed by atoms with Gasteiger partial charge in [-0.25, -0.2) is 4.39 Å². The van der Waals surface area contributed by atoms with Crippen molar-refractivity contribution in [1.82, 2.24) is 30.4 Å². The molecule has 6 heterocycles. The Labute approximate surface area is 237 Å². The number of hydrogen-bond acceptors (Lipinski definition) is 7. The van der Waals surface area contributed by atoms with Crippen molar-refractivity contribution >= 4 is 39.2 Å². The predicted octanol–water partition coefficient (Wildman–Crippen LogP) is 5.03. The summed E-state index contributed by atoms with van der Waals surface area (Å²) in [5.41, 5.74) is 4.42. The molecule has 10 heteroatoms. The maximum absolute atomic E-state index is 14.4. The number of aromatic nitrogens is 4. The standard InChI is InChI=1S/C30H33ClFN7O/c1-17-9-25-23(14-34-37-25)26(27(17)31)18-3-6-22-24(10-18)35-29(36-28(22)39-20-4-5-21(39)13-33-12-20)40-16-30-7-2-8-38(30)15-19(32)11-30/h3,6,9-10,14,19-21,33H,2,4-5,7-8,11-13,15-16H2,1H3,(H,34,37)/t19-,20-,21+,30+/m1/s1. The maximum Gasteiger partial charge on any atom is 0.319 e. The van der Waals surface area contributed by atoms with Crippen LogP contribution < -0.4 is 15.0 Å². The first-order chi connectivity index (χ1) is 19.5. The Morgan fingerprint density at radius 1 is 1.15 bits per heavy atom. The SMILES string of the molecule is Cc1cc2[nH]ncc2c(-c2ccc3c(N4[C@@H]5CC[C@H]4CNC5)nc(OC[C@@]45CCCN4C[C@H](F)C5)nc3c2)c1Cl. The zero-order valence-corrected chi connectivity index (χ0v) is 23.3. The van der Waals surface area contributed by atoms with Crippen LogP contribution in [0.3, 0.4) is 0 Å². The molecule has 0 spiro atoms. The van der Waals surface area contributed by atoms with E-state index < -0.39 is 6.17 Å². The molecule has 2 aromatic carbocycles. The van der Waals surface area contributed by atoms with E-state index in [4.69, 9.17) is 26.3 Å². The van der Waals surface area contributed by atoms with Gasteiger partial charge in [0.1, 0.15) is 18.6 Å². The van der Waals surface area contributed by atoms with Crippen molar-refractivity contribution in [1.29, 1.82) is 0 Å². The molecule has 0 saturated carbocycles. The summed E-state index contributed by atoms with van der Waals surface area (Å²) in [6.45, 7) is 5.75. The number of aryl methyl sites for hydroxylation is 1. The fraction of sp³-hybridized carbons (Fsp3) is 0.500. The van der Waals surface area contributed by atoms with Gasteiger partial charge < -0.3 is 15.0 Å². The highest BCUT2D eigenvalue weighted by Crippen LogP contribution is 2.43. The minimum Gasteiger partial charge on any atom is -0.461 e. The van der Waals surface area contributed by atoms with Crippen LogP contribution in [0.2, 0.25) is 5.02 Å². The van der Waals surface area contributed by atoms with Crippen LogP contribution in [0.1, 0.15) is 37.7 Å². The highest BCUT2D eigenvalue weighted by Gasteiger charge is 2.49. The minimum atomic E-state index is -0.796. The Morgan fingerprint density at radius 2 is 2.00 bits per heavy atom. The number of fused-ring (bicyclic) bond motifs is 5. The highest BCUT2D eigenvalue weighted by atomic mass is 35.5. The predicted molar refractivity (Wildman–Crippen MR) is 155 cm³/mol. The lowest BCUT2D eigenvalue weighted by Gasteiger charge is -2.37. The van der Waals surface area contributed by atoms with Crippen LogP contribution in [-0.2, 0) is 0 Å². The number of alkyl halides is 1. The van der Waals surface area contributed by atoms with Crippen molar-refractivity contribution in [3.8, 4) is 17.1 Å². The quantitative estimate of drug-likeness (QED) is 0.354. The van der Waals surface area contributed by atoms with Crippen LogP contribution in [0.4, 0.5) is 10.2 Å². The molecular formula is C30H33ClFN7O. The molecular weight excluding hydrogens is 529 g/mol. The number of hydrogen-bond donors (Lipinski definition) is 2.